The summed E-state index contributed by atoms with van der Waals surface area (Å²) in [6.07, 6.45) is 2.25. The molecule has 31 heavy (non-hydrogen) atoms. The molecule has 0 aliphatic heterocycles. The summed E-state index contributed by atoms with van der Waals surface area (Å²) in [7, 11) is 1.54. The number of aromatic nitrogens is 3. The minimum atomic E-state index is -0.396. The van der Waals surface area contributed by atoms with Gasteiger partial charge in [0.1, 0.15) is 12.4 Å². The lowest BCUT2D eigenvalue weighted by molar-refractivity contribution is 0.284. The standard InChI is InChI=1S/C19H20ClFN6O2.2ClH/c1-3-18-24-26-19(27(18)22)25-23-10-12-4-7-16(17(8-12)28-2)29-11-13-5-6-14(21)9-15(13)20;;/h4-10H,3,11,22H2,1-2H3,(H,25,26);2*1H. The van der Waals surface area contributed by atoms with Gasteiger partial charge >= 0.3 is 0 Å². The SMILES string of the molecule is CCc1nnc(NN=Cc2ccc(OCc3ccc(F)cc3Cl)c(OC)c2)n1N.Cl.Cl. The summed E-state index contributed by atoms with van der Waals surface area (Å²) in [6.45, 7) is 2.11. The molecule has 0 bridgehead atoms. The van der Waals surface area contributed by atoms with Crippen LogP contribution >= 0.6 is 36.4 Å². The van der Waals surface area contributed by atoms with Gasteiger partial charge in [-0.25, -0.2) is 14.5 Å². The van der Waals surface area contributed by atoms with E-state index < -0.39 is 5.82 Å². The molecule has 12 heteroatoms. The number of aryl methyl sites for hydroxylation is 1. The van der Waals surface area contributed by atoms with E-state index >= 15 is 0 Å². The van der Waals surface area contributed by atoms with Crippen LogP contribution in [0.4, 0.5) is 10.3 Å². The number of nitrogen functional groups attached to an aromatic ring is 1. The summed E-state index contributed by atoms with van der Waals surface area (Å²) < 4.78 is 25.6. The molecule has 0 radical (unpaired) electrons. The van der Waals surface area contributed by atoms with Crippen LogP contribution < -0.4 is 20.7 Å². The molecule has 3 rings (SSSR count). The molecule has 3 aromatic rings. The van der Waals surface area contributed by atoms with Gasteiger partial charge in [0.25, 0.3) is 5.95 Å². The average Bonchev–Trinajstić information content (AvgIpc) is 3.07. The van der Waals surface area contributed by atoms with Crippen molar-refractivity contribution in [1.82, 2.24) is 14.9 Å². The van der Waals surface area contributed by atoms with E-state index in [0.717, 1.165) is 5.56 Å². The molecule has 0 fully saturated rings. The van der Waals surface area contributed by atoms with Gasteiger partial charge < -0.3 is 15.3 Å². The molecule has 2 aromatic carbocycles. The van der Waals surface area contributed by atoms with E-state index in [2.05, 4.69) is 20.7 Å². The molecule has 0 aliphatic carbocycles. The van der Waals surface area contributed by atoms with Crippen LogP contribution in [0.15, 0.2) is 41.5 Å². The summed E-state index contributed by atoms with van der Waals surface area (Å²) >= 11 is 6.03. The molecule has 0 amide bonds. The fourth-order valence-electron chi connectivity index (χ4n) is 2.48. The number of methoxy groups -OCH3 is 1. The topological polar surface area (TPSA) is 99.6 Å². The average molecular weight is 492 g/mol. The van der Waals surface area contributed by atoms with E-state index in [9.17, 15) is 4.39 Å². The molecular formula is C19H22Cl3FN6O2. The number of rotatable bonds is 8. The maximum absolute atomic E-state index is 13.1. The lowest BCUT2D eigenvalue weighted by Gasteiger charge is -2.12. The molecule has 0 saturated carbocycles. The van der Waals surface area contributed by atoms with Crippen LogP contribution in [0, 0.1) is 5.82 Å². The van der Waals surface area contributed by atoms with E-state index in [1.165, 1.54) is 23.9 Å². The summed E-state index contributed by atoms with van der Waals surface area (Å²) in [6, 6.07) is 9.47. The highest BCUT2D eigenvalue weighted by Crippen LogP contribution is 2.29. The smallest absolute Gasteiger partial charge is 0.263 e. The van der Waals surface area contributed by atoms with Crippen molar-refractivity contribution in [2.75, 3.05) is 18.4 Å². The third-order valence-corrected chi connectivity index (χ3v) is 4.40. The molecule has 1 heterocycles. The number of hydrazone groups is 1. The number of ether oxygens (including phenoxy) is 2. The summed E-state index contributed by atoms with van der Waals surface area (Å²) in [5.41, 5.74) is 4.18. The van der Waals surface area contributed by atoms with Crippen LogP contribution in [0.2, 0.25) is 5.02 Å². The number of nitrogens with zero attached hydrogens (tertiary/aromatic N) is 4. The molecule has 0 aliphatic rings. The van der Waals surface area contributed by atoms with Gasteiger partial charge in [0.2, 0.25) is 0 Å². The number of hydrogen-bond acceptors (Lipinski definition) is 7. The van der Waals surface area contributed by atoms with Gasteiger partial charge in [-0.15, -0.1) is 35.0 Å². The Morgan fingerprint density at radius 2 is 1.97 bits per heavy atom. The molecule has 1 aromatic heterocycles. The first-order valence-electron chi connectivity index (χ1n) is 8.75. The lowest BCUT2D eigenvalue weighted by atomic mass is 10.2. The normalized spacial score (nSPS) is 10.3. The zero-order chi connectivity index (χ0) is 20.8. The van der Waals surface area contributed by atoms with Crippen LogP contribution in [0.5, 0.6) is 11.5 Å². The summed E-state index contributed by atoms with van der Waals surface area (Å²) in [5, 5.41) is 12.3. The number of nitrogens with one attached hydrogen (secondary N) is 1. The second-order valence-corrected chi connectivity index (χ2v) is 6.38. The Kier molecular flexibility index (Phi) is 10.3. The van der Waals surface area contributed by atoms with E-state index in [1.54, 1.807) is 30.5 Å². The monoisotopic (exact) mass is 490 g/mol. The molecule has 3 N–H and O–H groups in total. The number of halogens is 4. The molecule has 0 unspecified atom stereocenters. The Morgan fingerprint density at radius 1 is 1.19 bits per heavy atom. The van der Waals surface area contributed by atoms with Gasteiger partial charge in [-0.3, -0.25) is 0 Å². The van der Waals surface area contributed by atoms with E-state index in [1.807, 2.05) is 6.92 Å². The predicted octanol–water partition coefficient (Wildman–Crippen LogP) is 4.22. The first-order chi connectivity index (χ1) is 14.0. The van der Waals surface area contributed by atoms with Crippen LogP contribution in [-0.2, 0) is 13.0 Å². The highest BCUT2D eigenvalue weighted by atomic mass is 35.5. The van der Waals surface area contributed by atoms with Crippen molar-refractivity contribution in [2.24, 2.45) is 5.10 Å². The zero-order valence-corrected chi connectivity index (χ0v) is 19.1. The van der Waals surface area contributed by atoms with Gasteiger partial charge in [0.15, 0.2) is 17.3 Å². The molecule has 8 nitrogen and oxygen atoms in total. The van der Waals surface area contributed by atoms with Crippen LogP contribution in [0.3, 0.4) is 0 Å². The highest BCUT2D eigenvalue weighted by molar-refractivity contribution is 6.31. The highest BCUT2D eigenvalue weighted by Gasteiger charge is 2.09. The fraction of sp³-hybridized carbons (Fsp3) is 0.211. The minimum absolute atomic E-state index is 0. The molecule has 168 valence electrons. The van der Waals surface area contributed by atoms with Crippen molar-refractivity contribution in [3.8, 4) is 11.5 Å². The van der Waals surface area contributed by atoms with Crippen LogP contribution in [0.25, 0.3) is 0 Å². The number of benzene rings is 2. The minimum Gasteiger partial charge on any atom is -0.493 e. The summed E-state index contributed by atoms with van der Waals surface area (Å²) in [4.78, 5) is 0. The lowest BCUT2D eigenvalue weighted by Crippen LogP contribution is -2.14. The molecule has 0 atom stereocenters. The first-order valence-corrected chi connectivity index (χ1v) is 9.12. The third kappa shape index (κ3) is 6.61. The number of anilines is 1. The summed E-state index contributed by atoms with van der Waals surface area (Å²) in [5.74, 6) is 7.47. The van der Waals surface area contributed by atoms with Gasteiger partial charge in [-0.1, -0.05) is 24.6 Å². The number of nitrogens with two attached hydrogens (primary N) is 1. The van der Waals surface area contributed by atoms with Crippen molar-refractivity contribution in [3.05, 3.63) is 64.2 Å². The largest absolute Gasteiger partial charge is 0.493 e. The Balaban J connectivity index is 0.00000240. The van der Waals surface area contributed by atoms with Crippen molar-refractivity contribution in [3.63, 3.8) is 0 Å². The Hall–Kier alpha value is -2.75. The third-order valence-electron chi connectivity index (χ3n) is 4.05. The van der Waals surface area contributed by atoms with Crippen molar-refractivity contribution in [1.29, 1.82) is 0 Å². The van der Waals surface area contributed by atoms with Gasteiger partial charge in [0.05, 0.1) is 18.3 Å². The molecule has 0 spiro atoms. The Labute approximate surface area is 196 Å². The zero-order valence-electron chi connectivity index (χ0n) is 16.7. The Bertz CT molecular complexity index is 1030. The number of hydrogen-bond donors (Lipinski definition) is 2. The fourth-order valence-corrected chi connectivity index (χ4v) is 2.71. The second kappa shape index (κ2) is 12.2. The van der Waals surface area contributed by atoms with E-state index in [4.69, 9.17) is 26.9 Å². The van der Waals surface area contributed by atoms with Gasteiger partial charge in [-0.05, 0) is 35.9 Å². The predicted molar refractivity (Wildman–Crippen MR) is 124 cm³/mol. The second-order valence-electron chi connectivity index (χ2n) is 5.97. The van der Waals surface area contributed by atoms with Gasteiger partial charge in [-0.2, -0.15) is 5.10 Å². The van der Waals surface area contributed by atoms with Crippen molar-refractivity contribution < 1.29 is 13.9 Å². The van der Waals surface area contributed by atoms with Crippen LogP contribution in [0.1, 0.15) is 23.9 Å². The quantitative estimate of drug-likeness (QED) is 0.278. The van der Waals surface area contributed by atoms with Crippen LogP contribution in [-0.4, -0.2) is 28.2 Å². The first kappa shape index (κ1) is 26.3. The molecule has 0 saturated heterocycles. The van der Waals surface area contributed by atoms with Crippen molar-refractivity contribution >= 4 is 48.6 Å². The molecular weight excluding hydrogens is 470 g/mol. The Morgan fingerprint density at radius 3 is 2.61 bits per heavy atom. The van der Waals surface area contributed by atoms with Crippen molar-refractivity contribution in [2.45, 2.75) is 20.0 Å². The van der Waals surface area contributed by atoms with E-state index in [-0.39, 0.29) is 31.4 Å². The van der Waals surface area contributed by atoms with Gasteiger partial charge in [0, 0.05) is 12.0 Å². The maximum Gasteiger partial charge on any atom is 0.263 e. The maximum atomic E-state index is 13.1. The van der Waals surface area contributed by atoms with E-state index in [0.29, 0.717) is 40.3 Å².